The molecule has 0 amide bonds. The molecule has 0 bridgehead atoms. The molecule has 0 radical (unpaired) electrons. The Morgan fingerprint density at radius 2 is 1.83 bits per heavy atom. The van der Waals surface area contributed by atoms with Crippen molar-refractivity contribution in [2.24, 2.45) is 10.7 Å². The Morgan fingerprint density at radius 1 is 1.21 bits per heavy atom. The zero-order valence-corrected chi connectivity index (χ0v) is 16.5. The number of thioether (sulfide) groups is 1. The van der Waals surface area contributed by atoms with Gasteiger partial charge < -0.3 is 10.6 Å². The standard InChI is InChI=1S/C18H28N4S2/c1-4-24-18(19)20-17(23)13-15-5-7-16(8-6-15)22-11-9-21(10-12-22)14(2)3/h5-8,14H,4,9-13H2,1-3H3,(H2,19,20,23). The third kappa shape index (κ3) is 5.76. The van der Waals surface area contributed by atoms with Crippen LogP contribution in [-0.2, 0) is 6.42 Å². The number of hydrogen-bond donors (Lipinski definition) is 1. The third-order valence-corrected chi connectivity index (χ3v) is 5.14. The van der Waals surface area contributed by atoms with Gasteiger partial charge in [0.15, 0.2) is 5.17 Å². The van der Waals surface area contributed by atoms with Crippen molar-refractivity contribution >= 4 is 39.8 Å². The molecule has 1 aromatic rings. The Kier molecular flexibility index (Phi) is 7.52. The first-order valence-corrected chi connectivity index (χ1v) is 9.96. The van der Waals surface area contributed by atoms with E-state index in [0.29, 0.717) is 22.6 Å². The molecule has 1 saturated heterocycles. The quantitative estimate of drug-likeness (QED) is 0.494. The molecule has 0 saturated carbocycles. The maximum Gasteiger partial charge on any atom is 0.159 e. The average molecular weight is 365 g/mol. The molecule has 0 atom stereocenters. The van der Waals surface area contributed by atoms with Crippen LogP contribution < -0.4 is 10.6 Å². The van der Waals surface area contributed by atoms with E-state index in [1.165, 1.54) is 23.0 Å². The van der Waals surface area contributed by atoms with Crippen molar-refractivity contribution in [1.29, 1.82) is 0 Å². The fourth-order valence-electron chi connectivity index (χ4n) is 2.84. The van der Waals surface area contributed by atoms with Gasteiger partial charge in [0.25, 0.3) is 0 Å². The van der Waals surface area contributed by atoms with Gasteiger partial charge in [-0.2, -0.15) is 0 Å². The lowest BCUT2D eigenvalue weighted by Gasteiger charge is -2.38. The van der Waals surface area contributed by atoms with Crippen molar-refractivity contribution in [3.05, 3.63) is 29.8 Å². The molecule has 0 aromatic heterocycles. The highest BCUT2D eigenvalue weighted by atomic mass is 32.2. The molecule has 24 heavy (non-hydrogen) atoms. The fourth-order valence-corrected chi connectivity index (χ4v) is 3.63. The summed E-state index contributed by atoms with van der Waals surface area (Å²) in [7, 11) is 0. The molecule has 1 aliphatic rings. The maximum absolute atomic E-state index is 5.81. The summed E-state index contributed by atoms with van der Waals surface area (Å²) < 4.78 is 0. The molecular weight excluding hydrogens is 336 g/mol. The van der Waals surface area contributed by atoms with Crippen LogP contribution in [0.25, 0.3) is 0 Å². The summed E-state index contributed by atoms with van der Waals surface area (Å²) in [6, 6.07) is 9.31. The third-order valence-electron chi connectivity index (χ3n) is 4.23. The van der Waals surface area contributed by atoms with E-state index < -0.39 is 0 Å². The van der Waals surface area contributed by atoms with Crippen molar-refractivity contribution in [1.82, 2.24) is 4.90 Å². The van der Waals surface area contributed by atoms with Gasteiger partial charge >= 0.3 is 0 Å². The lowest BCUT2D eigenvalue weighted by molar-refractivity contribution is 0.209. The Bertz CT molecular complexity index is 561. The van der Waals surface area contributed by atoms with Gasteiger partial charge in [0.1, 0.15) is 4.99 Å². The largest absolute Gasteiger partial charge is 0.378 e. The first-order chi connectivity index (χ1) is 11.5. The van der Waals surface area contributed by atoms with E-state index in [4.69, 9.17) is 18.0 Å². The van der Waals surface area contributed by atoms with E-state index in [9.17, 15) is 0 Å². The van der Waals surface area contributed by atoms with Crippen LogP contribution in [0.1, 0.15) is 26.3 Å². The lowest BCUT2D eigenvalue weighted by Crippen LogP contribution is -2.48. The highest BCUT2D eigenvalue weighted by Crippen LogP contribution is 2.18. The molecule has 4 nitrogen and oxygen atoms in total. The molecule has 2 N–H and O–H groups in total. The van der Waals surface area contributed by atoms with Crippen LogP contribution in [0.4, 0.5) is 5.69 Å². The molecule has 1 aliphatic heterocycles. The van der Waals surface area contributed by atoms with Crippen molar-refractivity contribution in [2.75, 3.05) is 36.8 Å². The zero-order chi connectivity index (χ0) is 17.5. The molecule has 1 fully saturated rings. The van der Waals surface area contributed by atoms with Crippen molar-refractivity contribution in [3.8, 4) is 0 Å². The predicted molar refractivity (Wildman–Crippen MR) is 111 cm³/mol. The summed E-state index contributed by atoms with van der Waals surface area (Å²) in [5, 5.41) is 0.558. The second-order valence-electron chi connectivity index (χ2n) is 6.24. The first-order valence-electron chi connectivity index (χ1n) is 8.57. The summed E-state index contributed by atoms with van der Waals surface area (Å²) in [4.78, 5) is 9.90. The van der Waals surface area contributed by atoms with E-state index in [1.54, 1.807) is 0 Å². The minimum Gasteiger partial charge on any atom is -0.378 e. The van der Waals surface area contributed by atoms with E-state index in [2.05, 4.69) is 59.8 Å². The summed E-state index contributed by atoms with van der Waals surface area (Å²) >= 11 is 6.85. The second-order valence-corrected chi connectivity index (χ2v) is 7.99. The second kappa shape index (κ2) is 9.39. The van der Waals surface area contributed by atoms with Crippen LogP contribution in [0.15, 0.2) is 29.3 Å². The molecule has 0 spiro atoms. The van der Waals surface area contributed by atoms with Gasteiger partial charge in [-0.1, -0.05) is 43.0 Å². The Hall–Kier alpha value is -1.11. The molecule has 0 unspecified atom stereocenters. The maximum atomic E-state index is 5.81. The number of aliphatic imine (C=N–C) groups is 1. The summed E-state index contributed by atoms with van der Waals surface area (Å²) in [5.74, 6) is 0.913. The Morgan fingerprint density at radius 3 is 2.38 bits per heavy atom. The normalized spacial score (nSPS) is 16.7. The van der Waals surface area contributed by atoms with Crippen molar-refractivity contribution in [2.45, 2.75) is 33.2 Å². The zero-order valence-electron chi connectivity index (χ0n) is 14.9. The topological polar surface area (TPSA) is 44.9 Å². The summed E-state index contributed by atoms with van der Waals surface area (Å²) in [6.45, 7) is 11.0. The number of amidine groups is 1. The van der Waals surface area contributed by atoms with Gasteiger partial charge in [-0.05, 0) is 37.3 Å². The number of thiocarbonyl (C=S) groups is 1. The highest BCUT2D eigenvalue weighted by Gasteiger charge is 2.18. The van der Waals surface area contributed by atoms with Crippen LogP contribution in [0, 0.1) is 0 Å². The van der Waals surface area contributed by atoms with E-state index in [0.717, 1.165) is 31.9 Å². The molecule has 1 heterocycles. The minimum atomic E-state index is 0.558. The van der Waals surface area contributed by atoms with Gasteiger partial charge in [-0.3, -0.25) is 4.90 Å². The van der Waals surface area contributed by atoms with Gasteiger partial charge in [0, 0.05) is 44.3 Å². The van der Waals surface area contributed by atoms with E-state index >= 15 is 0 Å². The molecular formula is C18H28N4S2. The van der Waals surface area contributed by atoms with Crippen LogP contribution in [0.2, 0.25) is 0 Å². The molecule has 2 rings (SSSR count). The fraction of sp³-hybridized carbons (Fsp3) is 0.556. The molecule has 0 aliphatic carbocycles. The lowest BCUT2D eigenvalue weighted by atomic mass is 10.1. The highest BCUT2D eigenvalue weighted by molar-refractivity contribution is 8.13. The Balaban J connectivity index is 1.89. The number of nitrogens with two attached hydrogens (primary N) is 1. The average Bonchev–Trinajstić information content (AvgIpc) is 2.55. The van der Waals surface area contributed by atoms with Crippen LogP contribution in [0.5, 0.6) is 0 Å². The molecule has 1 aromatic carbocycles. The van der Waals surface area contributed by atoms with Crippen LogP contribution in [0.3, 0.4) is 0 Å². The predicted octanol–water partition coefficient (Wildman–Crippen LogP) is 3.15. The van der Waals surface area contributed by atoms with Crippen molar-refractivity contribution in [3.63, 3.8) is 0 Å². The van der Waals surface area contributed by atoms with E-state index in [-0.39, 0.29) is 0 Å². The van der Waals surface area contributed by atoms with E-state index in [1.807, 2.05) is 0 Å². The minimum absolute atomic E-state index is 0.558. The van der Waals surface area contributed by atoms with Crippen molar-refractivity contribution < 1.29 is 0 Å². The summed E-state index contributed by atoms with van der Waals surface area (Å²) in [5.41, 5.74) is 8.28. The first kappa shape index (κ1) is 19.2. The van der Waals surface area contributed by atoms with Gasteiger partial charge in [-0.25, -0.2) is 4.99 Å². The molecule has 132 valence electrons. The van der Waals surface area contributed by atoms with Gasteiger partial charge in [0.05, 0.1) is 0 Å². The smallest absolute Gasteiger partial charge is 0.159 e. The summed E-state index contributed by atoms with van der Waals surface area (Å²) in [6.07, 6.45) is 0.668. The number of rotatable bonds is 5. The number of piperazine rings is 1. The molecule has 6 heteroatoms. The van der Waals surface area contributed by atoms with Crippen LogP contribution >= 0.6 is 24.0 Å². The monoisotopic (exact) mass is 364 g/mol. The van der Waals surface area contributed by atoms with Gasteiger partial charge in [0.2, 0.25) is 0 Å². The number of nitrogens with zero attached hydrogens (tertiary/aromatic N) is 3. The van der Waals surface area contributed by atoms with Gasteiger partial charge in [-0.15, -0.1) is 0 Å². The van der Waals surface area contributed by atoms with Crippen LogP contribution in [-0.4, -0.2) is 53.0 Å². The number of anilines is 1. The SMILES string of the molecule is CCSC(N)=NC(=S)Cc1ccc(N2CCN(C(C)C)CC2)cc1. The number of benzene rings is 1. The number of hydrogen-bond acceptors (Lipinski definition) is 4. The Labute approximate surface area is 155 Å².